The average Bonchev–Trinajstić information content (AvgIpc) is 1.88. The molecule has 9 heavy (non-hydrogen) atoms. The molecule has 0 spiro atoms. The molecule has 0 aromatic carbocycles. The summed E-state index contributed by atoms with van der Waals surface area (Å²) in [5, 5.41) is 0. The molecule has 0 amide bonds. The minimum Gasteiger partial charge on any atom is -0.378 e. The largest absolute Gasteiger partial charge is 0.378 e. The Morgan fingerprint density at radius 1 is 1.67 bits per heavy atom. The summed E-state index contributed by atoms with van der Waals surface area (Å²) in [6.45, 7) is 3.07. The number of ether oxygens (including phenoxy) is 1. The molecule has 0 radical (unpaired) electrons. The van der Waals surface area contributed by atoms with E-state index in [9.17, 15) is 0 Å². The second kappa shape index (κ2) is 3.47. The molecule has 2 heteroatoms. The maximum Gasteiger partial charge on any atom is 0.0549 e. The summed E-state index contributed by atoms with van der Waals surface area (Å²) in [4.78, 5) is 0. The van der Waals surface area contributed by atoms with Crippen molar-refractivity contribution in [2.75, 3.05) is 12.4 Å². The fraction of sp³-hybridized carbons (Fsp3) is 1.00. The van der Waals surface area contributed by atoms with Crippen LogP contribution in [0.15, 0.2) is 0 Å². The highest BCUT2D eigenvalue weighted by Crippen LogP contribution is 2.20. The Morgan fingerprint density at radius 3 is 2.89 bits per heavy atom. The Kier molecular flexibility index (Phi) is 2.86. The van der Waals surface area contributed by atoms with E-state index in [1.165, 1.54) is 12.8 Å². The molecule has 0 N–H and O–H groups in total. The van der Waals surface area contributed by atoms with Crippen LogP contribution in [0.2, 0.25) is 0 Å². The van der Waals surface area contributed by atoms with E-state index in [0.717, 1.165) is 18.3 Å². The van der Waals surface area contributed by atoms with Gasteiger partial charge in [-0.3, -0.25) is 0 Å². The first-order valence-electron chi connectivity index (χ1n) is 3.55. The average molecular weight is 146 g/mol. The maximum absolute atomic E-state index is 5.38. The van der Waals surface area contributed by atoms with Crippen molar-refractivity contribution >= 4 is 12.6 Å². The molecule has 1 aliphatic heterocycles. The van der Waals surface area contributed by atoms with E-state index in [2.05, 4.69) is 19.6 Å². The molecule has 0 aliphatic carbocycles. The molecule has 1 heterocycles. The highest BCUT2D eigenvalue weighted by molar-refractivity contribution is 7.80. The van der Waals surface area contributed by atoms with Gasteiger partial charge in [-0.15, -0.1) is 0 Å². The van der Waals surface area contributed by atoms with Crippen LogP contribution in [0.5, 0.6) is 0 Å². The highest BCUT2D eigenvalue weighted by atomic mass is 32.1. The fourth-order valence-electron chi connectivity index (χ4n) is 1.26. The van der Waals surface area contributed by atoms with Gasteiger partial charge in [-0.1, -0.05) is 0 Å². The standard InChI is InChI=1S/C7H14OS/c1-6-4-7(5-9)2-3-8-6/h6-7,9H,2-5H2,1H3. The Morgan fingerprint density at radius 2 is 2.44 bits per heavy atom. The zero-order chi connectivity index (χ0) is 6.69. The summed E-state index contributed by atoms with van der Waals surface area (Å²) in [5.74, 6) is 1.82. The van der Waals surface area contributed by atoms with Crippen molar-refractivity contribution < 1.29 is 4.74 Å². The molecule has 1 rings (SSSR count). The van der Waals surface area contributed by atoms with Crippen LogP contribution in [0.3, 0.4) is 0 Å². The second-order valence-electron chi connectivity index (χ2n) is 2.75. The van der Waals surface area contributed by atoms with Crippen LogP contribution in [-0.4, -0.2) is 18.5 Å². The van der Waals surface area contributed by atoms with Crippen LogP contribution in [-0.2, 0) is 4.74 Å². The van der Waals surface area contributed by atoms with Gasteiger partial charge in [0, 0.05) is 6.61 Å². The molecule has 1 saturated heterocycles. The van der Waals surface area contributed by atoms with Gasteiger partial charge >= 0.3 is 0 Å². The van der Waals surface area contributed by atoms with Gasteiger partial charge in [-0.2, -0.15) is 12.6 Å². The maximum atomic E-state index is 5.38. The zero-order valence-corrected chi connectivity index (χ0v) is 6.73. The molecule has 1 aliphatic rings. The van der Waals surface area contributed by atoms with Crippen molar-refractivity contribution in [2.45, 2.75) is 25.9 Å². The topological polar surface area (TPSA) is 9.23 Å². The minimum atomic E-state index is 0.468. The summed E-state index contributed by atoms with van der Waals surface area (Å²) < 4.78 is 5.38. The first-order valence-corrected chi connectivity index (χ1v) is 4.18. The lowest BCUT2D eigenvalue weighted by Gasteiger charge is -2.25. The predicted octanol–water partition coefficient (Wildman–Crippen LogP) is 1.73. The number of hydrogen-bond donors (Lipinski definition) is 1. The predicted molar refractivity (Wildman–Crippen MR) is 42.0 cm³/mol. The third-order valence-electron chi connectivity index (χ3n) is 1.85. The second-order valence-corrected chi connectivity index (χ2v) is 3.12. The molecule has 1 nitrogen and oxygen atoms in total. The van der Waals surface area contributed by atoms with Gasteiger partial charge in [0.15, 0.2) is 0 Å². The SMILES string of the molecule is CC1CC(CS)CCO1. The molecular weight excluding hydrogens is 132 g/mol. The van der Waals surface area contributed by atoms with Crippen LogP contribution in [0, 0.1) is 5.92 Å². The van der Waals surface area contributed by atoms with Crippen molar-refractivity contribution in [1.29, 1.82) is 0 Å². The Bertz CT molecular complexity index is 85.0. The summed E-state index contributed by atoms with van der Waals surface area (Å²) >= 11 is 4.25. The van der Waals surface area contributed by atoms with E-state index in [4.69, 9.17) is 4.74 Å². The van der Waals surface area contributed by atoms with Gasteiger partial charge in [-0.05, 0) is 31.4 Å². The smallest absolute Gasteiger partial charge is 0.0549 e. The lowest BCUT2D eigenvalue weighted by atomic mass is 9.98. The Labute approximate surface area is 62.2 Å². The van der Waals surface area contributed by atoms with Gasteiger partial charge in [0.2, 0.25) is 0 Å². The van der Waals surface area contributed by atoms with Crippen LogP contribution in [0.1, 0.15) is 19.8 Å². The van der Waals surface area contributed by atoms with E-state index in [0.29, 0.717) is 6.10 Å². The van der Waals surface area contributed by atoms with Crippen molar-refractivity contribution in [1.82, 2.24) is 0 Å². The number of hydrogen-bond acceptors (Lipinski definition) is 2. The van der Waals surface area contributed by atoms with E-state index >= 15 is 0 Å². The van der Waals surface area contributed by atoms with E-state index in [-0.39, 0.29) is 0 Å². The molecule has 0 bridgehead atoms. The van der Waals surface area contributed by atoms with Crippen LogP contribution < -0.4 is 0 Å². The zero-order valence-electron chi connectivity index (χ0n) is 5.84. The Hall–Kier alpha value is 0.310. The van der Waals surface area contributed by atoms with Gasteiger partial charge < -0.3 is 4.74 Å². The lowest BCUT2D eigenvalue weighted by molar-refractivity contribution is 0.00789. The molecule has 0 aromatic rings. The van der Waals surface area contributed by atoms with Crippen molar-refractivity contribution in [3.63, 3.8) is 0 Å². The molecule has 1 fully saturated rings. The van der Waals surface area contributed by atoms with Gasteiger partial charge in [0.1, 0.15) is 0 Å². The van der Waals surface area contributed by atoms with Crippen molar-refractivity contribution in [3.8, 4) is 0 Å². The third-order valence-corrected chi connectivity index (χ3v) is 2.37. The van der Waals surface area contributed by atoms with Crippen molar-refractivity contribution in [3.05, 3.63) is 0 Å². The molecular formula is C7H14OS. The third kappa shape index (κ3) is 2.18. The summed E-state index contributed by atoms with van der Waals surface area (Å²) in [7, 11) is 0. The van der Waals surface area contributed by atoms with Crippen LogP contribution in [0.4, 0.5) is 0 Å². The lowest BCUT2D eigenvalue weighted by Crippen LogP contribution is -2.23. The van der Waals surface area contributed by atoms with Gasteiger partial charge in [-0.25, -0.2) is 0 Å². The number of rotatable bonds is 1. The monoisotopic (exact) mass is 146 g/mol. The highest BCUT2D eigenvalue weighted by Gasteiger charge is 2.17. The fourth-order valence-corrected chi connectivity index (χ4v) is 1.59. The minimum absolute atomic E-state index is 0.468. The van der Waals surface area contributed by atoms with Crippen LogP contribution in [0.25, 0.3) is 0 Å². The first-order chi connectivity index (χ1) is 4.33. The molecule has 0 aromatic heterocycles. The van der Waals surface area contributed by atoms with E-state index in [1.54, 1.807) is 0 Å². The molecule has 2 atom stereocenters. The summed E-state index contributed by atoms with van der Waals surface area (Å²) in [6.07, 6.45) is 2.87. The van der Waals surface area contributed by atoms with Gasteiger partial charge in [0.05, 0.1) is 6.10 Å². The van der Waals surface area contributed by atoms with Crippen molar-refractivity contribution in [2.24, 2.45) is 5.92 Å². The molecule has 54 valence electrons. The van der Waals surface area contributed by atoms with E-state index < -0.39 is 0 Å². The van der Waals surface area contributed by atoms with Gasteiger partial charge in [0.25, 0.3) is 0 Å². The normalized spacial score (nSPS) is 36.7. The number of thiol groups is 1. The molecule has 0 saturated carbocycles. The van der Waals surface area contributed by atoms with E-state index in [1.807, 2.05) is 0 Å². The van der Waals surface area contributed by atoms with Crippen LogP contribution >= 0.6 is 12.6 Å². The summed E-state index contributed by atoms with van der Waals surface area (Å²) in [5.41, 5.74) is 0. The molecule has 2 unspecified atom stereocenters. The summed E-state index contributed by atoms with van der Waals surface area (Å²) in [6, 6.07) is 0. The first kappa shape index (κ1) is 7.42. The Balaban J connectivity index is 2.23. The quantitative estimate of drug-likeness (QED) is 0.554.